The Bertz CT molecular complexity index is 546. The molecule has 1 aromatic carbocycles. The summed E-state index contributed by atoms with van der Waals surface area (Å²) in [7, 11) is 0. The Kier molecular flexibility index (Phi) is 2.99. The van der Waals surface area contributed by atoms with Gasteiger partial charge in [-0.15, -0.1) is 0 Å². The van der Waals surface area contributed by atoms with Crippen LogP contribution in [-0.4, -0.2) is 23.3 Å². The fourth-order valence-corrected chi connectivity index (χ4v) is 1.43. The number of rotatable bonds is 3. The van der Waals surface area contributed by atoms with E-state index in [2.05, 4.69) is 4.98 Å². The summed E-state index contributed by atoms with van der Waals surface area (Å²) in [6.07, 6.45) is 0. The minimum Gasteiger partial charge on any atom is -0.474 e. The summed E-state index contributed by atoms with van der Waals surface area (Å²) in [5, 5.41) is 18.5. The first kappa shape index (κ1) is 10.4. The van der Waals surface area contributed by atoms with Crippen LogP contribution in [0.5, 0.6) is 5.88 Å². The van der Waals surface area contributed by atoms with Crippen LogP contribution >= 0.6 is 0 Å². The molecule has 1 aromatic heterocycles. The molecule has 1 N–H and O–H groups in total. The fraction of sp³-hybridized carbons (Fsp3) is 0.167. The van der Waals surface area contributed by atoms with Crippen LogP contribution in [0, 0.1) is 11.3 Å². The summed E-state index contributed by atoms with van der Waals surface area (Å²) in [5.41, 5.74) is 1.15. The average Bonchev–Trinajstić information content (AvgIpc) is 2.35. The van der Waals surface area contributed by atoms with Crippen molar-refractivity contribution in [1.82, 2.24) is 4.98 Å². The molecular weight excluding hydrogens is 204 g/mol. The first-order valence-corrected chi connectivity index (χ1v) is 4.88. The van der Waals surface area contributed by atoms with Crippen LogP contribution in [0.2, 0.25) is 0 Å². The van der Waals surface area contributed by atoms with Gasteiger partial charge in [-0.1, -0.05) is 18.2 Å². The second-order valence-electron chi connectivity index (χ2n) is 3.22. The number of ether oxygens (including phenoxy) is 1. The predicted octanol–water partition coefficient (Wildman–Crippen LogP) is 1.48. The molecule has 0 unspecified atom stereocenters. The predicted molar refractivity (Wildman–Crippen MR) is 59.0 cm³/mol. The third kappa shape index (κ3) is 1.95. The van der Waals surface area contributed by atoms with Crippen molar-refractivity contribution in [3.63, 3.8) is 0 Å². The topological polar surface area (TPSA) is 66.1 Å². The third-order valence-corrected chi connectivity index (χ3v) is 2.14. The summed E-state index contributed by atoms with van der Waals surface area (Å²) in [5.74, 6) is 0.273. The molecule has 0 radical (unpaired) electrons. The highest BCUT2D eigenvalue weighted by Gasteiger charge is 2.07. The Morgan fingerprint density at radius 2 is 2.19 bits per heavy atom. The molecule has 0 amide bonds. The molecule has 4 nitrogen and oxygen atoms in total. The second kappa shape index (κ2) is 4.60. The molecule has 0 aliphatic rings. The first-order chi connectivity index (χ1) is 7.85. The lowest BCUT2D eigenvalue weighted by atomic mass is 10.1. The van der Waals surface area contributed by atoms with Crippen molar-refractivity contribution >= 4 is 10.9 Å². The Hall–Kier alpha value is -2.12. The number of nitrogens with zero attached hydrogens (tertiary/aromatic N) is 2. The average molecular weight is 214 g/mol. The van der Waals surface area contributed by atoms with Crippen LogP contribution in [0.1, 0.15) is 5.56 Å². The summed E-state index contributed by atoms with van der Waals surface area (Å²) >= 11 is 0. The van der Waals surface area contributed by atoms with E-state index < -0.39 is 0 Å². The number of para-hydroxylation sites is 1. The van der Waals surface area contributed by atoms with Crippen molar-refractivity contribution in [2.24, 2.45) is 0 Å². The molecule has 2 aromatic rings. The number of pyridine rings is 1. The van der Waals surface area contributed by atoms with Crippen LogP contribution in [0.15, 0.2) is 30.3 Å². The Labute approximate surface area is 92.7 Å². The van der Waals surface area contributed by atoms with E-state index in [1.807, 2.05) is 30.3 Å². The molecule has 0 spiro atoms. The molecule has 0 atom stereocenters. The van der Waals surface area contributed by atoms with Crippen LogP contribution in [-0.2, 0) is 0 Å². The van der Waals surface area contributed by atoms with E-state index in [-0.39, 0.29) is 19.1 Å². The Morgan fingerprint density at radius 1 is 1.38 bits per heavy atom. The number of nitriles is 1. The normalized spacial score (nSPS) is 10.0. The second-order valence-corrected chi connectivity index (χ2v) is 3.22. The molecule has 0 aliphatic heterocycles. The monoisotopic (exact) mass is 214 g/mol. The van der Waals surface area contributed by atoms with Crippen molar-refractivity contribution in [2.75, 3.05) is 13.2 Å². The quantitative estimate of drug-likeness (QED) is 0.840. The molecule has 0 fully saturated rings. The third-order valence-electron chi connectivity index (χ3n) is 2.14. The number of hydrogen-bond donors (Lipinski definition) is 1. The Morgan fingerprint density at radius 3 is 2.94 bits per heavy atom. The zero-order chi connectivity index (χ0) is 11.4. The number of fused-ring (bicyclic) bond motifs is 1. The molecule has 0 saturated heterocycles. The molecular formula is C12H10N2O2. The number of benzene rings is 1. The fourth-order valence-electron chi connectivity index (χ4n) is 1.43. The summed E-state index contributed by atoms with van der Waals surface area (Å²) in [6.45, 7) is 0.0411. The zero-order valence-corrected chi connectivity index (χ0v) is 8.55. The van der Waals surface area contributed by atoms with Crippen molar-refractivity contribution in [3.8, 4) is 11.9 Å². The standard InChI is InChI=1S/C12H10N2O2/c13-8-10-7-9-3-1-2-4-11(9)14-12(10)16-6-5-15/h1-4,7,15H,5-6H2. The van der Waals surface area contributed by atoms with Gasteiger partial charge in [-0.3, -0.25) is 0 Å². The van der Waals surface area contributed by atoms with Gasteiger partial charge in [0.2, 0.25) is 5.88 Å². The van der Waals surface area contributed by atoms with Crippen LogP contribution in [0.25, 0.3) is 10.9 Å². The molecule has 80 valence electrons. The van der Waals surface area contributed by atoms with Gasteiger partial charge >= 0.3 is 0 Å². The molecule has 16 heavy (non-hydrogen) atoms. The summed E-state index contributed by atoms with van der Waals surface area (Å²) in [4.78, 5) is 4.23. The van der Waals surface area contributed by atoms with E-state index in [1.165, 1.54) is 0 Å². The maximum absolute atomic E-state index is 8.94. The number of hydrogen-bond acceptors (Lipinski definition) is 4. The summed E-state index contributed by atoms with van der Waals surface area (Å²) in [6, 6.07) is 11.3. The molecule has 4 heteroatoms. The molecule has 0 aliphatic carbocycles. The molecule has 0 saturated carbocycles. The lowest BCUT2D eigenvalue weighted by Crippen LogP contribution is -2.04. The molecule has 2 rings (SSSR count). The minimum atomic E-state index is -0.0978. The van der Waals surface area contributed by atoms with E-state index in [0.717, 1.165) is 10.9 Å². The smallest absolute Gasteiger partial charge is 0.232 e. The lowest BCUT2D eigenvalue weighted by Gasteiger charge is -2.06. The highest BCUT2D eigenvalue weighted by atomic mass is 16.5. The van der Waals surface area contributed by atoms with Crippen molar-refractivity contribution in [2.45, 2.75) is 0 Å². The van der Waals surface area contributed by atoms with E-state index in [9.17, 15) is 0 Å². The minimum absolute atomic E-state index is 0.0978. The SMILES string of the molecule is N#Cc1cc2ccccc2nc1OCCO. The number of aliphatic hydroxyl groups excluding tert-OH is 1. The van der Waals surface area contributed by atoms with Gasteiger partial charge in [0.25, 0.3) is 0 Å². The maximum Gasteiger partial charge on any atom is 0.232 e. The number of aromatic nitrogens is 1. The van der Waals surface area contributed by atoms with Gasteiger partial charge in [-0.2, -0.15) is 5.26 Å². The van der Waals surface area contributed by atoms with Crippen molar-refractivity contribution < 1.29 is 9.84 Å². The molecule has 1 heterocycles. The van der Waals surface area contributed by atoms with Crippen molar-refractivity contribution in [3.05, 3.63) is 35.9 Å². The van der Waals surface area contributed by atoms with Gasteiger partial charge in [0.1, 0.15) is 18.2 Å². The van der Waals surface area contributed by atoms with Crippen LogP contribution < -0.4 is 4.74 Å². The Balaban J connectivity index is 2.50. The van der Waals surface area contributed by atoms with Gasteiger partial charge in [0.05, 0.1) is 12.1 Å². The first-order valence-electron chi connectivity index (χ1n) is 4.88. The van der Waals surface area contributed by atoms with Gasteiger partial charge in [-0.25, -0.2) is 4.98 Å². The van der Waals surface area contributed by atoms with Gasteiger partial charge in [0, 0.05) is 5.39 Å². The maximum atomic E-state index is 8.94. The summed E-state index contributed by atoms with van der Waals surface area (Å²) < 4.78 is 5.20. The van der Waals surface area contributed by atoms with Gasteiger partial charge in [-0.05, 0) is 12.1 Å². The highest BCUT2D eigenvalue weighted by Crippen LogP contribution is 2.21. The highest BCUT2D eigenvalue weighted by molar-refractivity contribution is 5.80. The van der Waals surface area contributed by atoms with E-state index in [4.69, 9.17) is 15.1 Å². The van der Waals surface area contributed by atoms with E-state index in [0.29, 0.717) is 5.56 Å². The van der Waals surface area contributed by atoms with Crippen molar-refractivity contribution in [1.29, 1.82) is 5.26 Å². The van der Waals surface area contributed by atoms with Crippen LogP contribution in [0.3, 0.4) is 0 Å². The number of aliphatic hydroxyl groups is 1. The van der Waals surface area contributed by atoms with Gasteiger partial charge in [0.15, 0.2) is 0 Å². The van der Waals surface area contributed by atoms with E-state index >= 15 is 0 Å². The zero-order valence-electron chi connectivity index (χ0n) is 8.55. The largest absolute Gasteiger partial charge is 0.474 e. The lowest BCUT2D eigenvalue weighted by molar-refractivity contribution is 0.197. The molecule has 0 bridgehead atoms. The van der Waals surface area contributed by atoms with E-state index in [1.54, 1.807) is 6.07 Å². The van der Waals surface area contributed by atoms with Crippen LogP contribution in [0.4, 0.5) is 0 Å². The van der Waals surface area contributed by atoms with Gasteiger partial charge < -0.3 is 9.84 Å².